The van der Waals surface area contributed by atoms with E-state index in [9.17, 15) is 31.5 Å². The number of aliphatic hydroxyl groups excluding tert-OH is 1. The van der Waals surface area contributed by atoms with Crippen LogP contribution in [0.3, 0.4) is 0 Å². The molecule has 3 heterocycles. The van der Waals surface area contributed by atoms with Gasteiger partial charge in [0.15, 0.2) is 11.5 Å². The van der Waals surface area contributed by atoms with E-state index in [1.807, 2.05) is 0 Å². The van der Waals surface area contributed by atoms with E-state index >= 15 is 0 Å². The number of alkyl halides is 3. The van der Waals surface area contributed by atoms with E-state index in [2.05, 4.69) is 9.97 Å². The highest BCUT2D eigenvalue weighted by Gasteiger charge is 2.36. The molecule has 1 N–H and O–H groups in total. The minimum atomic E-state index is -4.94. The van der Waals surface area contributed by atoms with Gasteiger partial charge in [-0.25, -0.2) is 18.4 Å². The van der Waals surface area contributed by atoms with Crippen molar-refractivity contribution in [1.82, 2.24) is 19.8 Å². The summed E-state index contributed by atoms with van der Waals surface area (Å²) in [6.45, 7) is 1.38. The lowest BCUT2D eigenvalue weighted by molar-refractivity contribution is -0.141. The largest absolute Gasteiger partial charge is 0.493 e. The SMILES string of the molecule is COc1ccc(CN2C=C(c3cc(C(F)(F)F)nc(S(=O)(=O)CCCC(=O)N4CCCC4)n3)C=CC2O)cc1OC. The number of allylic oxidation sites excluding steroid dienone is 2. The van der Waals surface area contributed by atoms with E-state index in [0.717, 1.165) is 12.8 Å². The summed E-state index contributed by atoms with van der Waals surface area (Å²) in [6, 6.07) is 5.79. The summed E-state index contributed by atoms with van der Waals surface area (Å²) in [5.41, 5.74) is -0.845. The number of halogens is 3. The van der Waals surface area contributed by atoms with Gasteiger partial charge in [0.05, 0.1) is 25.7 Å². The fraction of sp³-hybridized carbons (Fsp3) is 0.444. The van der Waals surface area contributed by atoms with Crippen LogP contribution in [0.2, 0.25) is 0 Å². The zero-order valence-corrected chi connectivity index (χ0v) is 23.4. The zero-order chi connectivity index (χ0) is 29.8. The van der Waals surface area contributed by atoms with Crippen molar-refractivity contribution in [3.63, 3.8) is 0 Å². The highest BCUT2D eigenvalue weighted by atomic mass is 32.2. The maximum absolute atomic E-state index is 13.7. The number of ether oxygens (including phenoxy) is 2. The second kappa shape index (κ2) is 12.5. The molecule has 10 nitrogen and oxygen atoms in total. The minimum Gasteiger partial charge on any atom is -0.493 e. The Bertz CT molecular complexity index is 1440. The molecule has 41 heavy (non-hydrogen) atoms. The van der Waals surface area contributed by atoms with Gasteiger partial charge in [-0.3, -0.25) is 4.79 Å². The van der Waals surface area contributed by atoms with E-state index in [1.165, 1.54) is 37.5 Å². The number of hydrogen-bond acceptors (Lipinski definition) is 9. The molecule has 0 aliphatic carbocycles. The third kappa shape index (κ3) is 7.36. The van der Waals surface area contributed by atoms with Gasteiger partial charge in [-0.05, 0) is 49.1 Å². The van der Waals surface area contributed by atoms with Crippen molar-refractivity contribution in [1.29, 1.82) is 0 Å². The molecule has 4 rings (SSSR count). The van der Waals surface area contributed by atoms with Gasteiger partial charge >= 0.3 is 6.18 Å². The number of aromatic nitrogens is 2. The standard InChI is InChI=1S/C27H31F3N4O6S/c1-39-21-9-7-18(14-22(21)40-2)16-34-17-19(8-10-25(34)36)20-15-23(27(28,29)30)32-26(31-20)41(37,38)13-5-6-24(35)33-11-3-4-12-33/h7-10,14-15,17,25,36H,3-6,11-13,16H2,1-2H3. The van der Waals surface area contributed by atoms with Crippen molar-refractivity contribution in [2.75, 3.05) is 33.1 Å². The Labute approximate surface area is 236 Å². The number of carbonyl (C=O) groups excluding carboxylic acids is 1. The number of benzene rings is 1. The van der Waals surface area contributed by atoms with Gasteiger partial charge in [0, 0.05) is 37.8 Å². The number of rotatable bonds is 10. The van der Waals surface area contributed by atoms with E-state index in [1.54, 1.807) is 23.1 Å². The fourth-order valence-electron chi connectivity index (χ4n) is 4.57. The lowest BCUT2D eigenvalue weighted by atomic mass is 10.1. The average Bonchev–Trinajstić information content (AvgIpc) is 3.49. The predicted molar refractivity (Wildman–Crippen MR) is 142 cm³/mol. The van der Waals surface area contributed by atoms with Crippen LogP contribution in [0.1, 0.15) is 42.6 Å². The number of aliphatic hydroxyl groups is 1. The summed E-state index contributed by atoms with van der Waals surface area (Å²) in [7, 11) is -1.38. The Kier molecular flexibility index (Phi) is 9.22. The third-order valence-corrected chi connectivity index (χ3v) is 8.30. The second-order valence-electron chi connectivity index (χ2n) is 9.65. The van der Waals surface area contributed by atoms with Crippen LogP contribution >= 0.6 is 0 Å². The summed E-state index contributed by atoms with van der Waals surface area (Å²) in [5.74, 6) is 0.195. The molecule has 1 aromatic heterocycles. The molecule has 0 saturated carbocycles. The van der Waals surface area contributed by atoms with Gasteiger partial charge in [0.25, 0.3) is 0 Å². The molecular weight excluding hydrogens is 565 g/mol. The average molecular weight is 597 g/mol. The summed E-state index contributed by atoms with van der Waals surface area (Å²) >= 11 is 0. The Morgan fingerprint density at radius 2 is 1.80 bits per heavy atom. The molecule has 1 saturated heterocycles. The van der Waals surface area contributed by atoms with Crippen molar-refractivity contribution in [3.8, 4) is 11.5 Å². The van der Waals surface area contributed by atoms with Crippen molar-refractivity contribution in [2.24, 2.45) is 0 Å². The molecule has 222 valence electrons. The molecule has 2 aliphatic rings. The summed E-state index contributed by atoms with van der Waals surface area (Å²) in [6.07, 6.45) is -0.266. The van der Waals surface area contributed by atoms with E-state index < -0.39 is 38.8 Å². The summed E-state index contributed by atoms with van der Waals surface area (Å²) < 4.78 is 77.8. The number of likely N-dealkylation sites (tertiary alicyclic amines) is 1. The van der Waals surface area contributed by atoms with Gasteiger partial charge in [0.2, 0.25) is 20.9 Å². The second-order valence-corrected chi connectivity index (χ2v) is 11.7. The fourth-order valence-corrected chi connectivity index (χ4v) is 5.75. The van der Waals surface area contributed by atoms with Crippen LogP contribution in [0.5, 0.6) is 11.5 Å². The Morgan fingerprint density at radius 3 is 2.46 bits per heavy atom. The van der Waals surface area contributed by atoms with Crippen molar-refractivity contribution < 1.29 is 41.0 Å². The molecule has 0 spiro atoms. The Balaban J connectivity index is 1.59. The number of amides is 1. The van der Waals surface area contributed by atoms with E-state index in [4.69, 9.17) is 9.47 Å². The first kappa shape index (κ1) is 30.3. The van der Waals surface area contributed by atoms with Crippen LogP contribution in [0.15, 0.2) is 47.8 Å². The molecule has 2 aliphatic heterocycles. The Morgan fingerprint density at radius 1 is 1.10 bits per heavy atom. The van der Waals surface area contributed by atoms with Crippen molar-refractivity contribution in [3.05, 3.63) is 59.6 Å². The maximum Gasteiger partial charge on any atom is 0.433 e. The topological polar surface area (TPSA) is 122 Å². The number of sulfone groups is 1. The van der Waals surface area contributed by atoms with Crippen LogP contribution in [-0.4, -0.2) is 78.5 Å². The number of methoxy groups -OCH3 is 2. The zero-order valence-electron chi connectivity index (χ0n) is 22.6. The van der Waals surface area contributed by atoms with E-state index in [-0.39, 0.29) is 36.6 Å². The van der Waals surface area contributed by atoms with Crippen LogP contribution in [0, 0.1) is 0 Å². The molecule has 0 bridgehead atoms. The number of hydrogen-bond donors (Lipinski definition) is 1. The van der Waals surface area contributed by atoms with Gasteiger partial charge in [-0.2, -0.15) is 13.2 Å². The van der Waals surface area contributed by atoms with Gasteiger partial charge in [-0.1, -0.05) is 12.1 Å². The van der Waals surface area contributed by atoms with Gasteiger partial charge < -0.3 is 24.4 Å². The first-order chi connectivity index (χ1) is 19.4. The smallest absolute Gasteiger partial charge is 0.433 e. The summed E-state index contributed by atoms with van der Waals surface area (Å²) in [4.78, 5) is 22.7. The van der Waals surface area contributed by atoms with Crippen LogP contribution < -0.4 is 9.47 Å². The first-order valence-electron chi connectivity index (χ1n) is 12.9. The van der Waals surface area contributed by atoms with E-state index in [0.29, 0.717) is 36.2 Å². The molecule has 1 fully saturated rings. The molecular formula is C27H31F3N4O6S. The Hall–Kier alpha value is -3.65. The number of carbonyl (C=O) groups is 1. The van der Waals surface area contributed by atoms with Gasteiger partial charge in [-0.15, -0.1) is 0 Å². The normalized spacial score (nSPS) is 17.5. The third-order valence-electron chi connectivity index (χ3n) is 6.74. The van der Waals surface area contributed by atoms with Crippen molar-refractivity contribution in [2.45, 2.75) is 49.8 Å². The molecule has 1 amide bonds. The first-order valence-corrected chi connectivity index (χ1v) is 14.6. The highest BCUT2D eigenvalue weighted by Crippen LogP contribution is 2.32. The molecule has 1 unspecified atom stereocenters. The molecule has 1 aromatic carbocycles. The quantitative estimate of drug-likeness (QED) is 0.411. The predicted octanol–water partition coefficient (Wildman–Crippen LogP) is 3.42. The lowest BCUT2D eigenvalue weighted by Gasteiger charge is -2.28. The minimum absolute atomic E-state index is 0.0397. The summed E-state index contributed by atoms with van der Waals surface area (Å²) in [5, 5.41) is 9.54. The van der Waals surface area contributed by atoms with Crippen LogP contribution in [0.25, 0.3) is 5.57 Å². The monoisotopic (exact) mass is 596 g/mol. The lowest BCUT2D eigenvalue weighted by Crippen LogP contribution is -2.30. The van der Waals surface area contributed by atoms with Crippen LogP contribution in [-0.2, 0) is 27.4 Å². The number of nitrogens with zero attached hydrogens (tertiary/aromatic N) is 4. The van der Waals surface area contributed by atoms with Crippen LogP contribution in [0.4, 0.5) is 13.2 Å². The van der Waals surface area contributed by atoms with Crippen molar-refractivity contribution >= 4 is 21.3 Å². The molecule has 0 radical (unpaired) electrons. The molecule has 2 aromatic rings. The maximum atomic E-state index is 13.7. The molecule has 1 atom stereocenters. The van der Waals surface area contributed by atoms with Gasteiger partial charge in [0.1, 0.15) is 11.9 Å². The molecule has 14 heteroatoms. The highest BCUT2D eigenvalue weighted by molar-refractivity contribution is 7.91.